The monoisotopic (exact) mass is 419 g/mol. The lowest BCUT2D eigenvalue weighted by Crippen LogP contribution is -3.14. The number of benzene rings is 1. The van der Waals surface area contributed by atoms with Crippen LogP contribution in [-0.4, -0.2) is 84.9 Å². The Balaban J connectivity index is 1.50. The van der Waals surface area contributed by atoms with E-state index in [1.54, 1.807) is 0 Å². The fourth-order valence-corrected chi connectivity index (χ4v) is 4.30. The van der Waals surface area contributed by atoms with Gasteiger partial charge in [-0.05, 0) is 12.1 Å². The van der Waals surface area contributed by atoms with Gasteiger partial charge in [0, 0.05) is 38.2 Å². The van der Waals surface area contributed by atoms with Crippen LogP contribution in [0.5, 0.6) is 0 Å². The van der Waals surface area contributed by atoms with Gasteiger partial charge in [-0.1, -0.05) is 12.1 Å². The number of hydrogen-bond donors (Lipinski definition) is 4. The molecule has 2 amide bonds. The molecule has 0 unspecified atom stereocenters. The molecule has 2 fully saturated rings. The highest BCUT2D eigenvalue weighted by molar-refractivity contribution is 6.35. The van der Waals surface area contributed by atoms with Crippen molar-refractivity contribution in [2.45, 2.75) is 18.9 Å². The Kier molecular flexibility index (Phi) is 8.48. The van der Waals surface area contributed by atoms with E-state index < -0.39 is 11.8 Å². The Labute approximate surface area is 179 Å². The molecule has 0 aliphatic carbocycles. The molecule has 3 rings (SSSR count). The lowest BCUT2D eigenvalue weighted by Gasteiger charge is -2.26. The zero-order valence-electron chi connectivity index (χ0n) is 18.3. The molecule has 2 aliphatic heterocycles. The average Bonchev–Trinajstić information content (AvgIpc) is 3.29. The maximum absolute atomic E-state index is 12.4. The van der Waals surface area contributed by atoms with Crippen LogP contribution < -0.4 is 25.3 Å². The molecule has 0 bridgehead atoms. The van der Waals surface area contributed by atoms with Crippen LogP contribution in [0.15, 0.2) is 24.3 Å². The second-order valence-electron chi connectivity index (χ2n) is 8.48. The van der Waals surface area contributed by atoms with Crippen molar-refractivity contribution in [3.05, 3.63) is 29.8 Å². The number of carbonyl (C=O) groups is 2. The van der Waals surface area contributed by atoms with E-state index in [1.165, 1.54) is 28.2 Å². The Morgan fingerprint density at radius 1 is 1.00 bits per heavy atom. The molecule has 8 nitrogen and oxygen atoms in total. The molecular formula is C22H37N5O3+2. The second-order valence-corrected chi connectivity index (χ2v) is 8.48. The third-order valence-electron chi connectivity index (χ3n) is 6.19. The van der Waals surface area contributed by atoms with E-state index in [9.17, 15) is 9.59 Å². The van der Waals surface area contributed by atoms with E-state index in [0.29, 0.717) is 13.1 Å². The largest absolute Gasteiger partial charge is 0.378 e. The topological polar surface area (TPSA) is 79.6 Å². The molecule has 0 spiro atoms. The molecule has 0 saturated carbocycles. The summed E-state index contributed by atoms with van der Waals surface area (Å²) in [4.78, 5) is 29.5. The first kappa shape index (κ1) is 22.5. The predicted octanol–water partition coefficient (Wildman–Crippen LogP) is -2.38. The van der Waals surface area contributed by atoms with Gasteiger partial charge >= 0.3 is 11.8 Å². The molecule has 1 aromatic carbocycles. The van der Waals surface area contributed by atoms with Gasteiger partial charge in [-0.15, -0.1) is 0 Å². The summed E-state index contributed by atoms with van der Waals surface area (Å²) in [6, 6.07) is 8.67. The number of rotatable bonds is 8. The number of nitrogens with zero attached hydrogens (tertiary/aromatic N) is 1. The van der Waals surface area contributed by atoms with Gasteiger partial charge in [0.1, 0.15) is 19.1 Å². The van der Waals surface area contributed by atoms with Crippen LogP contribution in [0.25, 0.3) is 0 Å². The van der Waals surface area contributed by atoms with Crippen molar-refractivity contribution in [3.8, 4) is 0 Å². The number of ether oxygens (including phenoxy) is 1. The minimum Gasteiger partial charge on any atom is -0.378 e. The summed E-state index contributed by atoms with van der Waals surface area (Å²) >= 11 is 0. The van der Waals surface area contributed by atoms with E-state index in [4.69, 9.17) is 4.74 Å². The Hall–Kier alpha value is -2.16. The fourth-order valence-electron chi connectivity index (χ4n) is 4.30. The van der Waals surface area contributed by atoms with Crippen LogP contribution in [0.4, 0.5) is 5.69 Å². The lowest BCUT2D eigenvalue weighted by atomic mass is 10.0. The van der Waals surface area contributed by atoms with Gasteiger partial charge in [-0.3, -0.25) is 9.59 Å². The fraction of sp³-hybridized carbons (Fsp3) is 0.636. The summed E-state index contributed by atoms with van der Waals surface area (Å²) < 4.78 is 5.34. The number of morpholine rings is 1. The number of anilines is 1. The van der Waals surface area contributed by atoms with Gasteiger partial charge in [0.05, 0.1) is 45.9 Å². The molecule has 0 aromatic heterocycles. The Morgan fingerprint density at radius 3 is 2.27 bits per heavy atom. The third-order valence-corrected chi connectivity index (χ3v) is 6.19. The third kappa shape index (κ3) is 6.42. The summed E-state index contributed by atoms with van der Waals surface area (Å²) in [6.07, 6.45) is 2.42. The summed E-state index contributed by atoms with van der Waals surface area (Å²) in [6.45, 7) is 7.44. The summed E-state index contributed by atoms with van der Waals surface area (Å²) in [5.41, 5.74) is 2.36. The van der Waals surface area contributed by atoms with Gasteiger partial charge < -0.3 is 30.1 Å². The molecule has 2 heterocycles. The van der Waals surface area contributed by atoms with Gasteiger partial charge in [0.2, 0.25) is 0 Å². The summed E-state index contributed by atoms with van der Waals surface area (Å²) in [5.74, 6) is -1.08. The first-order valence-electron chi connectivity index (χ1n) is 11.1. The number of likely N-dealkylation sites (tertiary alicyclic amines) is 1. The van der Waals surface area contributed by atoms with Crippen molar-refractivity contribution < 1.29 is 24.1 Å². The Bertz CT molecular complexity index is 683. The SMILES string of the molecule is CN(C)c1ccc([C@@H](CNC(=O)C(=O)NCC[NH+]2CCOCC2)[NH+]2CCCC2)cc1. The van der Waals surface area contributed by atoms with E-state index in [0.717, 1.165) is 51.6 Å². The highest BCUT2D eigenvalue weighted by Gasteiger charge is 2.28. The zero-order chi connectivity index (χ0) is 21.3. The first-order chi connectivity index (χ1) is 14.5. The molecule has 166 valence electrons. The molecule has 0 radical (unpaired) electrons. The van der Waals surface area contributed by atoms with Gasteiger partial charge in [0.25, 0.3) is 0 Å². The van der Waals surface area contributed by atoms with Crippen molar-refractivity contribution in [3.63, 3.8) is 0 Å². The van der Waals surface area contributed by atoms with Crippen molar-refractivity contribution >= 4 is 17.5 Å². The predicted molar refractivity (Wildman–Crippen MR) is 116 cm³/mol. The molecule has 2 saturated heterocycles. The van der Waals surface area contributed by atoms with Gasteiger partial charge in [-0.2, -0.15) is 0 Å². The minimum absolute atomic E-state index is 0.165. The number of nitrogens with one attached hydrogen (secondary N) is 4. The van der Waals surface area contributed by atoms with Crippen molar-refractivity contribution in [1.29, 1.82) is 0 Å². The van der Waals surface area contributed by atoms with Crippen molar-refractivity contribution in [2.24, 2.45) is 0 Å². The van der Waals surface area contributed by atoms with Crippen LogP contribution in [0.1, 0.15) is 24.4 Å². The van der Waals surface area contributed by atoms with E-state index >= 15 is 0 Å². The smallest absolute Gasteiger partial charge is 0.309 e. The Morgan fingerprint density at radius 2 is 1.63 bits per heavy atom. The highest BCUT2D eigenvalue weighted by Crippen LogP contribution is 2.17. The van der Waals surface area contributed by atoms with Crippen molar-refractivity contribution in [2.75, 3.05) is 78.0 Å². The van der Waals surface area contributed by atoms with Crippen LogP contribution in [-0.2, 0) is 14.3 Å². The molecule has 1 aromatic rings. The molecule has 8 heteroatoms. The maximum Gasteiger partial charge on any atom is 0.309 e. The summed E-state index contributed by atoms with van der Waals surface area (Å²) in [5, 5.41) is 5.63. The van der Waals surface area contributed by atoms with E-state index in [1.807, 2.05) is 14.1 Å². The zero-order valence-corrected chi connectivity index (χ0v) is 18.3. The average molecular weight is 420 g/mol. The number of hydrogen-bond acceptors (Lipinski definition) is 4. The lowest BCUT2D eigenvalue weighted by molar-refractivity contribution is -0.918. The maximum atomic E-state index is 12.4. The van der Waals surface area contributed by atoms with Crippen LogP contribution in [0.3, 0.4) is 0 Å². The molecular weight excluding hydrogens is 382 g/mol. The first-order valence-corrected chi connectivity index (χ1v) is 11.1. The normalized spacial score (nSPS) is 18.7. The molecule has 30 heavy (non-hydrogen) atoms. The molecule has 4 N–H and O–H groups in total. The highest BCUT2D eigenvalue weighted by atomic mass is 16.5. The molecule has 1 atom stereocenters. The second kappa shape index (κ2) is 11.3. The number of amides is 2. The van der Waals surface area contributed by atoms with Crippen LogP contribution >= 0.6 is 0 Å². The number of carbonyl (C=O) groups excluding carboxylic acids is 2. The van der Waals surface area contributed by atoms with E-state index in [-0.39, 0.29) is 6.04 Å². The quantitative estimate of drug-likeness (QED) is 0.355. The summed E-state index contributed by atoms with van der Waals surface area (Å²) in [7, 11) is 4.05. The van der Waals surface area contributed by atoms with E-state index in [2.05, 4.69) is 39.8 Å². The number of quaternary nitrogens is 2. The van der Waals surface area contributed by atoms with Crippen molar-refractivity contribution in [1.82, 2.24) is 10.6 Å². The van der Waals surface area contributed by atoms with Crippen LogP contribution in [0, 0.1) is 0 Å². The van der Waals surface area contributed by atoms with Crippen LogP contribution in [0.2, 0.25) is 0 Å². The van der Waals surface area contributed by atoms with Gasteiger partial charge in [-0.25, -0.2) is 0 Å². The van der Waals surface area contributed by atoms with Gasteiger partial charge in [0.15, 0.2) is 0 Å². The standard InChI is InChI=1S/C22H35N5O3/c1-25(2)19-7-5-18(6-8-19)20(27-10-3-4-11-27)17-24-22(29)21(28)23-9-12-26-13-15-30-16-14-26/h5-8,20H,3-4,9-17H2,1-2H3,(H,23,28)(H,24,29)/p+2/t20-/m1/s1. The molecule has 2 aliphatic rings. The minimum atomic E-state index is -0.541.